The fraction of sp³-hybridized carbons (Fsp3) is 0.333. The second-order valence-corrected chi connectivity index (χ2v) is 7.40. The minimum absolute atomic E-state index is 0.0666. The molecule has 1 aliphatic heterocycles. The average Bonchev–Trinajstić information content (AvgIpc) is 3.03. The molecule has 1 aliphatic rings. The van der Waals surface area contributed by atoms with Crippen LogP contribution < -0.4 is 5.32 Å². The number of hydrogen-bond donors (Lipinski definition) is 2. The van der Waals surface area contributed by atoms with Crippen molar-refractivity contribution in [2.24, 2.45) is 5.92 Å². The van der Waals surface area contributed by atoms with Gasteiger partial charge in [-0.15, -0.1) is 0 Å². The quantitative estimate of drug-likeness (QED) is 0.834. The van der Waals surface area contributed by atoms with E-state index in [1.54, 1.807) is 12.1 Å². The fourth-order valence-corrected chi connectivity index (χ4v) is 3.03. The lowest BCUT2D eigenvalue weighted by Gasteiger charge is -2.07. The van der Waals surface area contributed by atoms with Crippen LogP contribution in [0.5, 0.6) is 0 Å². The van der Waals surface area contributed by atoms with Crippen molar-refractivity contribution < 1.29 is 17.4 Å². The van der Waals surface area contributed by atoms with Gasteiger partial charge in [0.25, 0.3) is 10.1 Å². The van der Waals surface area contributed by atoms with E-state index in [9.17, 15) is 12.8 Å². The second-order valence-electron chi connectivity index (χ2n) is 5.98. The standard InChI is InChI=1S/C11H14FN.C7H8O3S/c12-11-3-1-9(2-4-11)7-10-5-6-13-8-10;1-6-2-4-7(5-3-6)11(8,9)10/h1-4,10,13H,5-8H2;2-5H,1H3,(H,8,9,10). The lowest BCUT2D eigenvalue weighted by atomic mass is 9.99. The normalized spacial score (nSPS) is 17.2. The first-order valence-corrected chi connectivity index (χ1v) is 9.28. The lowest BCUT2D eigenvalue weighted by Crippen LogP contribution is -2.10. The number of halogens is 1. The number of benzene rings is 2. The van der Waals surface area contributed by atoms with Crippen molar-refractivity contribution in [1.29, 1.82) is 0 Å². The monoisotopic (exact) mass is 351 g/mol. The predicted molar refractivity (Wildman–Crippen MR) is 92.1 cm³/mol. The van der Waals surface area contributed by atoms with Crippen molar-refractivity contribution in [3.05, 3.63) is 65.5 Å². The van der Waals surface area contributed by atoms with Gasteiger partial charge in [-0.1, -0.05) is 29.8 Å². The van der Waals surface area contributed by atoms with Gasteiger partial charge in [0.05, 0.1) is 4.90 Å². The van der Waals surface area contributed by atoms with Crippen molar-refractivity contribution in [1.82, 2.24) is 5.32 Å². The Labute approximate surface area is 142 Å². The summed E-state index contributed by atoms with van der Waals surface area (Å²) < 4.78 is 42.1. The Balaban J connectivity index is 0.000000177. The maximum absolute atomic E-state index is 12.6. The summed E-state index contributed by atoms with van der Waals surface area (Å²) in [6.45, 7) is 4.08. The predicted octanol–water partition coefficient (Wildman–Crippen LogP) is 3.22. The van der Waals surface area contributed by atoms with Crippen LogP contribution in [0.3, 0.4) is 0 Å². The smallest absolute Gasteiger partial charge is 0.294 e. The third-order valence-corrected chi connectivity index (χ3v) is 4.79. The van der Waals surface area contributed by atoms with E-state index in [-0.39, 0.29) is 10.7 Å². The maximum Gasteiger partial charge on any atom is 0.294 e. The molecule has 1 fully saturated rings. The number of aryl methyl sites for hydroxylation is 1. The Hall–Kier alpha value is -1.76. The zero-order valence-electron chi connectivity index (χ0n) is 13.6. The first kappa shape index (κ1) is 18.6. The topological polar surface area (TPSA) is 66.4 Å². The van der Waals surface area contributed by atoms with Crippen molar-refractivity contribution >= 4 is 10.1 Å². The van der Waals surface area contributed by atoms with E-state index >= 15 is 0 Å². The van der Waals surface area contributed by atoms with Crippen LogP contribution in [0.1, 0.15) is 17.5 Å². The zero-order valence-corrected chi connectivity index (χ0v) is 14.4. The SMILES string of the molecule is Cc1ccc(S(=O)(=O)O)cc1.Fc1ccc(CC2CCNC2)cc1. The molecule has 24 heavy (non-hydrogen) atoms. The molecule has 2 N–H and O–H groups in total. The number of rotatable bonds is 3. The number of nitrogens with one attached hydrogen (secondary N) is 1. The van der Waals surface area contributed by atoms with Gasteiger partial charge >= 0.3 is 0 Å². The van der Waals surface area contributed by atoms with E-state index in [4.69, 9.17) is 4.55 Å². The average molecular weight is 351 g/mol. The van der Waals surface area contributed by atoms with Gasteiger partial charge in [0.1, 0.15) is 5.82 Å². The van der Waals surface area contributed by atoms with Crippen molar-refractivity contribution in [3.63, 3.8) is 0 Å². The van der Waals surface area contributed by atoms with Gasteiger partial charge in [-0.3, -0.25) is 4.55 Å². The van der Waals surface area contributed by atoms with Crippen LogP contribution in [0.2, 0.25) is 0 Å². The van der Waals surface area contributed by atoms with E-state index in [2.05, 4.69) is 5.32 Å². The molecule has 6 heteroatoms. The van der Waals surface area contributed by atoms with E-state index in [0.717, 1.165) is 31.0 Å². The van der Waals surface area contributed by atoms with Gasteiger partial charge in [0.15, 0.2) is 0 Å². The summed E-state index contributed by atoms with van der Waals surface area (Å²) in [5.41, 5.74) is 2.20. The molecule has 0 bridgehead atoms. The minimum Gasteiger partial charge on any atom is -0.316 e. The summed E-state index contributed by atoms with van der Waals surface area (Å²) in [7, 11) is -4.02. The van der Waals surface area contributed by atoms with E-state index in [1.165, 1.54) is 36.2 Å². The molecule has 2 aromatic carbocycles. The van der Waals surface area contributed by atoms with Crippen molar-refractivity contribution in [3.8, 4) is 0 Å². The first-order valence-electron chi connectivity index (χ1n) is 7.84. The second kappa shape index (κ2) is 8.37. The largest absolute Gasteiger partial charge is 0.316 e. The van der Waals surface area contributed by atoms with Crippen LogP contribution in [0, 0.1) is 18.7 Å². The Morgan fingerprint density at radius 3 is 2.25 bits per heavy atom. The summed E-state index contributed by atoms with van der Waals surface area (Å²) in [5.74, 6) is 0.596. The highest BCUT2D eigenvalue weighted by Gasteiger charge is 2.14. The number of hydrogen-bond acceptors (Lipinski definition) is 3. The molecule has 1 unspecified atom stereocenters. The summed E-state index contributed by atoms with van der Waals surface area (Å²) in [6.07, 6.45) is 2.32. The minimum atomic E-state index is -4.02. The van der Waals surface area contributed by atoms with Gasteiger partial charge in [0.2, 0.25) is 0 Å². The summed E-state index contributed by atoms with van der Waals surface area (Å²) >= 11 is 0. The molecule has 0 aromatic heterocycles. The molecule has 0 amide bonds. The molecule has 2 aromatic rings. The van der Waals surface area contributed by atoms with Crippen molar-refractivity contribution in [2.75, 3.05) is 13.1 Å². The molecule has 1 saturated heterocycles. The van der Waals surface area contributed by atoms with Crippen LogP contribution in [0.25, 0.3) is 0 Å². The molecule has 130 valence electrons. The lowest BCUT2D eigenvalue weighted by molar-refractivity contribution is 0.483. The molecule has 1 heterocycles. The summed E-state index contributed by atoms with van der Waals surface area (Å²) in [4.78, 5) is -0.0666. The van der Waals surface area contributed by atoms with Crippen LogP contribution in [-0.4, -0.2) is 26.1 Å². The van der Waals surface area contributed by atoms with Crippen LogP contribution in [-0.2, 0) is 16.5 Å². The fourth-order valence-electron chi connectivity index (χ4n) is 2.55. The molecule has 4 nitrogen and oxygen atoms in total. The summed E-state index contributed by atoms with van der Waals surface area (Å²) in [6, 6.07) is 12.8. The Morgan fingerprint density at radius 2 is 1.75 bits per heavy atom. The third kappa shape index (κ3) is 6.03. The molecule has 0 aliphatic carbocycles. The van der Waals surface area contributed by atoms with Gasteiger partial charge in [-0.05, 0) is 68.6 Å². The first-order chi connectivity index (χ1) is 11.3. The van der Waals surface area contributed by atoms with Crippen molar-refractivity contribution in [2.45, 2.75) is 24.7 Å². The maximum atomic E-state index is 12.6. The van der Waals surface area contributed by atoms with E-state index < -0.39 is 10.1 Å². The molecule has 3 rings (SSSR count). The third-order valence-electron chi connectivity index (χ3n) is 3.92. The highest BCUT2D eigenvalue weighted by Crippen LogP contribution is 2.15. The van der Waals surface area contributed by atoms with Gasteiger partial charge < -0.3 is 5.32 Å². The van der Waals surface area contributed by atoms with E-state index in [1.807, 2.05) is 19.1 Å². The van der Waals surface area contributed by atoms with Crippen LogP contribution >= 0.6 is 0 Å². The zero-order chi connectivity index (χ0) is 17.6. The molecule has 0 radical (unpaired) electrons. The Morgan fingerprint density at radius 1 is 1.12 bits per heavy atom. The Bertz CT molecular complexity index is 737. The van der Waals surface area contributed by atoms with Crippen LogP contribution in [0.4, 0.5) is 4.39 Å². The summed E-state index contributed by atoms with van der Waals surface area (Å²) in [5, 5.41) is 3.33. The van der Waals surface area contributed by atoms with E-state index in [0.29, 0.717) is 0 Å². The molecular formula is C18H22FNO3S. The molecule has 1 atom stereocenters. The van der Waals surface area contributed by atoms with Gasteiger partial charge in [-0.2, -0.15) is 8.42 Å². The molecule has 0 saturated carbocycles. The molecular weight excluding hydrogens is 329 g/mol. The Kier molecular flexibility index (Phi) is 6.48. The van der Waals surface area contributed by atoms with Crippen LogP contribution in [0.15, 0.2) is 53.4 Å². The van der Waals surface area contributed by atoms with Gasteiger partial charge in [0, 0.05) is 0 Å². The van der Waals surface area contributed by atoms with Gasteiger partial charge in [-0.25, -0.2) is 4.39 Å². The molecule has 0 spiro atoms. The highest BCUT2D eigenvalue weighted by atomic mass is 32.2. The highest BCUT2D eigenvalue weighted by molar-refractivity contribution is 7.85.